The molecular weight excluding hydrogens is 434 g/mol. The molecule has 2 saturated heterocycles. The standard InChI is InChI=1S/C29H27N5O/c35-29-27(26(17-6-2-1-3-7-17)28-32-24-8-4-5-9-25(24)33-28)22-16-20(12-13-23(22)34-29)31-21-14-18-10-11-19(15-21)30-18/h1-9,12-13,16,18-19,21,30-31H,10-11,14-15H2,(H,32,33)(H,34,35). The molecule has 6 nitrogen and oxygen atoms in total. The van der Waals surface area contributed by atoms with E-state index in [0.717, 1.165) is 51.9 Å². The number of nitrogens with one attached hydrogen (secondary N) is 4. The van der Waals surface area contributed by atoms with Gasteiger partial charge in [-0.15, -0.1) is 0 Å². The molecule has 4 aromatic rings. The molecule has 1 amide bonds. The van der Waals surface area contributed by atoms with Gasteiger partial charge in [0.15, 0.2) is 0 Å². The topological polar surface area (TPSA) is 81.8 Å². The Morgan fingerprint density at radius 2 is 1.69 bits per heavy atom. The van der Waals surface area contributed by atoms with Crippen molar-refractivity contribution in [1.29, 1.82) is 0 Å². The third-order valence-electron chi connectivity index (χ3n) is 7.55. The number of aromatic amines is 1. The Balaban J connectivity index is 1.35. The SMILES string of the molecule is O=C1Nc2ccc(NC3CC4CCC(C3)N4)cc2C1=C(c1ccccc1)c1nc2ccccc2[nH]1. The minimum Gasteiger partial charge on any atom is -0.382 e. The molecule has 2 unspecified atom stereocenters. The van der Waals surface area contributed by atoms with Crippen LogP contribution in [0.25, 0.3) is 22.2 Å². The zero-order valence-electron chi connectivity index (χ0n) is 19.3. The number of hydrogen-bond donors (Lipinski definition) is 4. The van der Waals surface area contributed by atoms with Crippen molar-refractivity contribution in [3.63, 3.8) is 0 Å². The van der Waals surface area contributed by atoms with Gasteiger partial charge in [-0.1, -0.05) is 42.5 Å². The first-order chi connectivity index (χ1) is 17.2. The monoisotopic (exact) mass is 461 g/mol. The van der Waals surface area contributed by atoms with Crippen molar-refractivity contribution in [3.05, 3.63) is 89.7 Å². The van der Waals surface area contributed by atoms with E-state index < -0.39 is 0 Å². The molecule has 35 heavy (non-hydrogen) atoms. The predicted molar refractivity (Wildman–Crippen MR) is 140 cm³/mol. The van der Waals surface area contributed by atoms with Crippen molar-refractivity contribution >= 4 is 39.5 Å². The summed E-state index contributed by atoms with van der Waals surface area (Å²) >= 11 is 0. The summed E-state index contributed by atoms with van der Waals surface area (Å²) in [6.07, 6.45) is 4.83. The van der Waals surface area contributed by atoms with Gasteiger partial charge in [0.25, 0.3) is 5.91 Å². The minimum absolute atomic E-state index is 0.101. The fourth-order valence-electron chi connectivity index (χ4n) is 5.99. The molecule has 6 heteroatoms. The molecule has 3 aliphatic rings. The van der Waals surface area contributed by atoms with Crippen LogP contribution in [0.15, 0.2) is 72.8 Å². The molecule has 7 rings (SSSR count). The second-order valence-corrected chi connectivity index (χ2v) is 9.88. The lowest BCUT2D eigenvalue weighted by molar-refractivity contribution is -0.110. The fraction of sp³-hybridized carbons (Fsp3) is 0.241. The molecule has 174 valence electrons. The molecule has 0 aliphatic carbocycles. The normalized spacial score (nSPS) is 24.3. The van der Waals surface area contributed by atoms with Gasteiger partial charge in [-0.25, -0.2) is 4.98 Å². The van der Waals surface area contributed by atoms with E-state index in [2.05, 4.69) is 33.1 Å². The van der Waals surface area contributed by atoms with Gasteiger partial charge in [0.2, 0.25) is 0 Å². The average molecular weight is 462 g/mol. The lowest BCUT2D eigenvalue weighted by Crippen LogP contribution is -2.43. The van der Waals surface area contributed by atoms with Crippen LogP contribution in [0.5, 0.6) is 0 Å². The van der Waals surface area contributed by atoms with Gasteiger partial charge in [0, 0.05) is 40.6 Å². The Bertz CT molecular complexity index is 1430. The molecule has 4 N–H and O–H groups in total. The molecule has 0 spiro atoms. The molecule has 2 bridgehead atoms. The largest absolute Gasteiger partial charge is 0.382 e. The van der Waals surface area contributed by atoms with Gasteiger partial charge >= 0.3 is 0 Å². The van der Waals surface area contributed by atoms with Crippen molar-refractivity contribution in [1.82, 2.24) is 15.3 Å². The highest BCUT2D eigenvalue weighted by Gasteiger charge is 2.34. The van der Waals surface area contributed by atoms with Crippen LogP contribution in [0.1, 0.15) is 42.6 Å². The molecular formula is C29H27N5O. The minimum atomic E-state index is -0.101. The van der Waals surface area contributed by atoms with Crippen molar-refractivity contribution in [2.45, 2.75) is 43.8 Å². The summed E-state index contributed by atoms with van der Waals surface area (Å²) in [5.74, 6) is 0.597. The summed E-state index contributed by atoms with van der Waals surface area (Å²) in [7, 11) is 0. The number of fused-ring (bicyclic) bond motifs is 4. The summed E-state index contributed by atoms with van der Waals surface area (Å²) in [6, 6.07) is 25.9. The van der Waals surface area contributed by atoms with Crippen LogP contribution < -0.4 is 16.0 Å². The second-order valence-electron chi connectivity index (χ2n) is 9.88. The van der Waals surface area contributed by atoms with Gasteiger partial charge in [-0.05, 0) is 61.6 Å². The van der Waals surface area contributed by atoms with Crippen LogP contribution in [-0.2, 0) is 4.79 Å². The third kappa shape index (κ3) is 3.61. The molecule has 4 heterocycles. The van der Waals surface area contributed by atoms with E-state index in [1.165, 1.54) is 12.8 Å². The molecule has 2 fully saturated rings. The number of rotatable bonds is 4. The fourth-order valence-corrected chi connectivity index (χ4v) is 5.99. The van der Waals surface area contributed by atoms with E-state index in [1.807, 2.05) is 60.7 Å². The van der Waals surface area contributed by atoms with Crippen LogP contribution in [0.4, 0.5) is 11.4 Å². The number of piperidine rings is 1. The number of carbonyl (C=O) groups is 1. The van der Waals surface area contributed by atoms with E-state index in [-0.39, 0.29) is 5.91 Å². The number of H-pyrrole nitrogens is 1. The van der Waals surface area contributed by atoms with E-state index in [4.69, 9.17) is 4.98 Å². The van der Waals surface area contributed by atoms with Gasteiger partial charge in [-0.3, -0.25) is 4.79 Å². The molecule has 0 saturated carbocycles. The van der Waals surface area contributed by atoms with Crippen LogP contribution in [0.2, 0.25) is 0 Å². The summed E-state index contributed by atoms with van der Waals surface area (Å²) in [6.45, 7) is 0. The van der Waals surface area contributed by atoms with Crippen molar-refractivity contribution in [2.75, 3.05) is 10.6 Å². The van der Waals surface area contributed by atoms with Gasteiger partial charge in [-0.2, -0.15) is 0 Å². The average Bonchev–Trinajstić information content (AvgIpc) is 3.55. The maximum Gasteiger partial charge on any atom is 0.257 e. The molecule has 1 aromatic heterocycles. The number of carbonyl (C=O) groups excluding carboxylic acids is 1. The maximum atomic E-state index is 13.4. The molecule has 0 radical (unpaired) electrons. The van der Waals surface area contributed by atoms with E-state index in [1.54, 1.807) is 0 Å². The Labute approximate surface area is 203 Å². The second kappa shape index (κ2) is 8.10. The highest BCUT2D eigenvalue weighted by Crippen LogP contribution is 2.41. The molecule has 3 aromatic carbocycles. The van der Waals surface area contributed by atoms with E-state index in [0.29, 0.717) is 29.5 Å². The zero-order chi connectivity index (χ0) is 23.4. The highest BCUT2D eigenvalue weighted by molar-refractivity contribution is 6.38. The van der Waals surface area contributed by atoms with Crippen LogP contribution in [0, 0.1) is 0 Å². The quantitative estimate of drug-likeness (QED) is 0.316. The van der Waals surface area contributed by atoms with Crippen molar-refractivity contribution in [3.8, 4) is 0 Å². The first-order valence-corrected chi connectivity index (χ1v) is 12.4. The summed E-state index contributed by atoms with van der Waals surface area (Å²) in [5, 5.41) is 10.6. The number of imidazole rings is 1. The summed E-state index contributed by atoms with van der Waals surface area (Å²) in [4.78, 5) is 21.7. The number of nitrogens with zero attached hydrogens (tertiary/aromatic N) is 1. The number of hydrogen-bond acceptors (Lipinski definition) is 4. The Morgan fingerprint density at radius 1 is 0.914 bits per heavy atom. The van der Waals surface area contributed by atoms with Crippen LogP contribution >= 0.6 is 0 Å². The number of amides is 1. The van der Waals surface area contributed by atoms with Gasteiger partial charge in [0.1, 0.15) is 5.82 Å². The van der Waals surface area contributed by atoms with E-state index >= 15 is 0 Å². The van der Waals surface area contributed by atoms with Crippen molar-refractivity contribution in [2.24, 2.45) is 0 Å². The zero-order valence-corrected chi connectivity index (χ0v) is 19.3. The highest BCUT2D eigenvalue weighted by atomic mass is 16.2. The third-order valence-corrected chi connectivity index (χ3v) is 7.55. The lowest BCUT2D eigenvalue weighted by Gasteiger charge is -2.30. The molecule has 2 atom stereocenters. The van der Waals surface area contributed by atoms with E-state index in [9.17, 15) is 4.79 Å². The Kier molecular flexibility index (Phi) is 4.74. The Hall–Kier alpha value is -3.90. The number of aromatic nitrogens is 2. The van der Waals surface area contributed by atoms with Gasteiger partial charge < -0.3 is 20.9 Å². The Morgan fingerprint density at radius 3 is 2.49 bits per heavy atom. The predicted octanol–water partition coefficient (Wildman–Crippen LogP) is 5.17. The number of para-hydroxylation sites is 2. The smallest absolute Gasteiger partial charge is 0.257 e. The molecule has 3 aliphatic heterocycles. The first kappa shape index (κ1) is 20.5. The van der Waals surface area contributed by atoms with Crippen molar-refractivity contribution < 1.29 is 4.79 Å². The lowest BCUT2D eigenvalue weighted by atomic mass is 9.94. The van der Waals surface area contributed by atoms with Crippen LogP contribution in [0.3, 0.4) is 0 Å². The number of anilines is 2. The first-order valence-electron chi connectivity index (χ1n) is 12.4. The number of benzene rings is 3. The van der Waals surface area contributed by atoms with Crippen LogP contribution in [-0.4, -0.2) is 34.0 Å². The summed E-state index contributed by atoms with van der Waals surface area (Å²) in [5.41, 5.74) is 7.06. The maximum absolute atomic E-state index is 13.4. The summed E-state index contributed by atoms with van der Waals surface area (Å²) < 4.78 is 0. The van der Waals surface area contributed by atoms with Gasteiger partial charge in [0.05, 0.1) is 16.6 Å².